The lowest BCUT2D eigenvalue weighted by Crippen LogP contribution is -2.25. The van der Waals surface area contributed by atoms with Gasteiger partial charge in [0.15, 0.2) is 0 Å². The summed E-state index contributed by atoms with van der Waals surface area (Å²) in [6.07, 6.45) is 0.906. The monoisotopic (exact) mass is 313 g/mol. The second-order valence-electron chi connectivity index (χ2n) is 5.54. The normalized spacial score (nSPS) is 10.4. The van der Waals surface area contributed by atoms with Crippen LogP contribution in [0.15, 0.2) is 48.5 Å². The van der Waals surface area contributed by atoms with Gasteiger partial charge in [0.1, 0.15) is 11.5 Å². The van der Waals surface area contributed by atoms with Gasteiger partial charge in [0.05, 0.1) is 13.2 Å². The molecule has 4 heteroatoms. The van der Waals surface area contributed by atoms with E-state index in [1.54, 1.807) is 19.2 Å². The van der Waals surface area contributed by atoms with Crippen LogP contribution in [0.5, 0.6) is 11.5 Å². The van der Waals surface area contributed by atoms with Gasteiger partial charge in [-0.05, 0) is 62.2 Å². The summed E-state index contributed by atoms with van der Waals surface area (Å²) in [7, 11) is 1.65. The van der Waals surface area contributed by atoms with Crippen molar-refractivity contribution in [1.82, 2.24) is 5.32 Å². The number of methoxy groups -OCH3 is 1. The first-order valence-electron chi connectivity index (χ1n) is 7.76. The van der Waals surface area contributed by atoms with Crippen LogP contribution in [0, 0.1) is 0 Å². The van der Waals surface area contributed by atoms with Crippen molar-refractivity contribution >= 4 is 5.91 Å². The third kappa shape index (κ3) is 5.33. The van der Waals surface area contributed by atoms with E-state index < -0.39 is 0 Å². The molecule has 0 saturated heterocycles. The Balaban J connectivity index is 1.81. The van der Waals surface area contributed by atoms with Crippen molar-refractivity contribution in [2.24, 2.45) is 0 Å². The average molecular weight is 313 g/mol. The maximum absolute atomic E-state index is 12.1. The molecule has 0 bridgehead atoms. The third-order valence-corrected chi connectivity index (χ3v) is 3.35. The van der Waals surface area contributed by atoms with Gasteiger partial charge in [-0.25, -0.2) is 0 Å². The van der Waals surface area contributed by atoms with Crippen LogP contribution in [0.4, 0.5) is 0 Å². The molecule has 0 radical (unpaired) electrons. The lowest BCUT2D eigenvalue weighted by Gasteiger charge is -2.10. The highest BCUT2D eigenvalue weighted by Crippen LogP contribution is 2.14. The van der Waals surface area contributed by atoms with E-state index in [1.807, 2.05) is 50.2 Å². The van der Waals surface area contributed by atoms with Crippen molar-refractivity contribution in [2.45, 2.75) is 26.4 Å². The Labute approximate surface area is 137 Å². The number of carbonyl (C=O) groups is 1. The Morgan fingerprint density at radius 3 is 2.17 bits per heavy atom. The van der Waals surface area contributed by atoms with Crippen LogP contribution in [0.2, 0.25) is 0 Å². The first-order chi connectivity index (χ1) is 11.1. The largest absolute Gasteiger partial charge is 0.497 e. The number of hydrogen-bond acceptors (Lipinski definition) is 3. The molecule has 122 valence electrons. The summed E-state index contributed by atoms with van der Waals surface area (Å²) in [5.74, 6) is 1.53. The van der Waals surface area contributed by atoms with Crippen molar-refractivity contribution in [3.63, 3.8) is 0 Å². The molecule has 0 heterocycles. The Hall–Kier alpha value is -2.49. The summed E-state index contributed by atoms with van der Waals surface area (Å²) in [5, 5.41) is 2.93. The van der Waals surface area contributed by atoms with E-state index in [0.717, 1.165) is 23.5 Å². The van der Waals surface area contributed by atoms with E-state index in [0.29, 0.717) is 12.1 Å². The van der Waals surface area contributed by atoms with Gasteiger partial charge in [0.2, 0.25) is 0 Å². The van der Waals surface area contributed by atoms with E-state index in [-0.39, 0.29) is 12.0 Å². The summed E-state index contributed by atoms with van der Waals surface area (Å²) in [6.45, 7) is 4.54. The Morgan fingerprint density at radius 2 is 1.61 bits per heavy atom. The zero-order chi connectivity index (χ0) is 16.7. The van der Waals surface area contributed by atoms with Crippen LogP contribution in [0.25, 0.3) is 0 Å². The number of rotatable bonds is 7. The van der Waals surface area contributed by atoms with Crippen LogP contribution in [-0.2, 0) is 6.42 Å². The average Bonchev–Trinajstić information content (AvgIpc) is 2.55. The first-order valence-corrected chi connectivity index (χ1v) is 7.76. The van der Waals surface area contributed by atoms with Crippen molar-refractivity contribution in [3.8, 4) is 11.5 Å². The molecule has 0 aliphatic heterocycles. The van der Waals surface area contributed by atoms with Crippen LogP contribution < -0.4 is 14.8 Å². The summed E-state index contributed by atoms with van der Waals surface area (Å²) < 4.78 is 10.7. The molecule has 2 rings (SSSR count). The molecule has 0 unspecified atom stereocenters. The molecular weight excluding hydrogens is 290 g/mol. The minimum absolute atomic E-state index is 0.0744. The predicted molar refractivity (Wildman–Crippen MR) is 91.2 cm³/mol. The van der Waals surface area contributed by atoms with Gasteiger partial charge in [-0.2, -0.15) is 0 Å². The summed E-state index contributed by atoms with van der Waals surface area (Å²) in [5.41, 5.74) is 1.79. The maximum Gasteiger partial charge on any atom is 0.251 e. The van der Waals surface area contributed by atoms with Crippen molar-refractivity contribution in [3.05, 3.63) is 59.7 Å². The van der Waals surface area contributed by atoms with Crippen molar-refractivity contribution in [1.29, 1.82) is 0 Å². The predicted octanol–water partition coefficient (Wildman–Crippen LogP) is 3.45. The number of ether oxygens (including phenoxy) is 2. The SMILES string of the molecule is COc1ccc(CCNC(=O)c2ccc(OC(C)C)cc2)cc1. The number of benzene rings is 2. The molecule has 0 atom stereocenters. The fraction of sp³-hybridized carbons (Fsp3) is 0.316. The van der Waals surface area contributed by atoms with Gasteiger partial charge in [0.25, 0.3) is 5.91 Å². The molecular formula is C19H23NO3. The van der Waals surface area contributed by atoms with Crippen LogP contribution in [-0.4, -0.2) is 25.7 Å². The molecule has 0 fully saturated rings. The summed E-state index contributed by atoms with van der Waals surface area (Å²) >= 11 is 0. The van der Waals surface area contributed by atoms with Gasteiger partial charge in [-0.15, -0.1) is 0 Å². The molecule has 0 aromatic heterocycles. The fourth-order valence-electron chi connectivity index (χ4n) is 2.17. The van der Waals surface area contributed by atoms with Crippen LogP contribution in [0.3, 0.4) is 0 Å². The number of carbonyl (C=O) groups excluding carboxylic acids is 1. The summed E-state index contributed by atoms with van der Waals surface area (Å²) in [6, 6.07) is 15.0. The molecule has 4 nitrogen and oxygen atoms in total. The summed E-state index contributed by atoms with van der Waals surface area (Å²) in [4.78, 5) is 12.1. The van der Waals surface area contributed by atoms with Gasteiger partial charge >= 0.3 is 0 Å². The molecule has 1 N–H and O–H groups in total. The molecule has 0 aliphatic carbocycles. The molecule has 0 spiro atoms. The van der Waals surface area contributed by atoms with E-state index in [9.17, 15) is 4.79 Å². The Bertz CT molecular complexity index is 618. The third-order valence-electron chi connectivity index (χ3n) is 3.35. The fourth-order valence-corrected chi connectivity index (χ4v) is 2.17. The highest BCUT2D eigenvalue weighted by Gasteiger charge is 2.06. The standard InChI is InChI=1S/C19H23NO3/c1-14(2)23-18-10-6-16(7-11-18)19(21)20-13-12-15-4-8-17(22-3)9-5-15/h4-11,14H,12-13H2,1-3H3,(H,20,21). The van der Waals surface area contributed by atoms with E-state index >= 15 is 0 Å². The van der Waals surface area contributed by atoms with Crippen LogP contribution in [0.1, 0.15) is 29.8 Å². The smallest absolute Gasteiger partial charge is 0.251 e. The van der Waals surface area contributed by atoms with Gasteiger partial charge in [0, 0.05) is 12.1 Å². The van der Waals surface area contributed by atoms with E-state index in [1.165, 1.54) is 0 Å². The van der Waals surface area contributed by atoms with Gasteiger partial charge in [-0.1, -0.05) is 12.1 Å². The number of nitrogens with one attached hydrogen (secondary N) is 1. The highest BCUT2D eigenvalue weighted by molar-refractivity contribution is 5.94. The molecule has 0 saturated carbocycles. The zero-order valence-electron chi connectivity index (χ0n) is 13.8. The number of amides is 1. The second kappa shape index (κ2) is 8.22. The second-order valence-corrected chi connectivity index (χ2v) is 5.54. The molecule has 0 aliphatic rings. The van der Waals surface area contributed by atoms with E-state index in [4.69, 9.17) is 9.47 Å². The van der Waals surface area contributed by atoms with E-state index in [2.05, 4.69) is 5.32 Å². The minimum atomic E-state index is -0.0744. The maximum atomic E-state index is 12.1. The topological polar surface area (TPSA) is 47.6 Å². The molecule has 2 aromatic rings. The zero-order valence-corrected chi connectivity index (χ0v) is 13.8. The quantitative estimate of drug-likeness (QED) is 0.851. The lowest BCUT2D eigenvalue weighted by molar-refractivity contribution is 0.0954. The molecule has 23 heavy (non-hydrogen) atoms. The molecule has 1 amide bonds. The molecule has 2 aromatic carbocycles. The Kier molecular flexibility index (Phi) is 6.03. The van der Waals surface area contributed by atoms with Crippen molar-refractivity contribution in [2.75, 3.05) is 13.7 Å². The lowest BCUT2D eigenvalue weighted by atomic mass is 10.1. The van der Waals surface area contributed by atoms with Crippen LogP contribution >= 0.6 is 0 Å². The minimum Gasteiger partial charge on any atom is -0.497 e. The first kappa shape index (κ1) is 16.9. The highest BCUT2D eigenvalue weighted by atomic mass is 16.5. The Morgan fingerprint density at radius 1 is 1.00 bits per heavy atom. The number of hydrogen-bond donors (Lipinski definition) is 1. The van der Waals surface area contributed by atoms with Crippen molar-refractivity contribution < 1.29 is 14.3 Å². The van der Waals surface area contributed by atoms with Gasteiger partial charge < -0.3 is 14.8 Å². The van der Waals surface area contributed by atoms with Gasteiger partial charge in [-0.3, -0.25) is 4.79 Å².